The van der Waals surface area contributed by atoms with E-state index >= 15 is 0 Å². The van der Waals surface area contributed by atoms with E-state index in [-0.39, 0.29) is 23.8 Å². The maximum absolute atomic E-state index is 12.2. The summed E-state index contributed by atoms with van der Waals surface area (Å²) in [6, 6.07) is 0.173. The summed E-state index contributed by atoms with van der Waals surface area (Å²) in [6.07, 6.45) is 2.81. The molecule has 2 rings (SSSR count). The number of hydrogen-bond donors (Lipinski definition) is 2. The number of nitrogens with zero attached hydrogens (tertiary/aromatic N) is 3. The number of aromatic nitrogens is 3. The normalized spacial score (nSPS) is 17.8. The Morgan fingerprint density at radius 1 is 1.33 bits per heavy atom. The quantitative estimate of drug-likeness (QED) is 0.859. The number of rotatable bonds is 4. The van der Waals surface area contributed by atoms with Gasteiger partial charge in [-0.25, -0.2) is 0 Å². The van der Waals surface area contributed by atoms with Gasteiger partial charge in [0, 0.05) is 25.0 Å². The molecule has 0 saturated carbocycles. The van der Waals surface area contributed by atoms with Crippen LogP contribution in [0.3, 0.4) is 0 Å². The Balaban J connectivity index is 1.83. The van der Waals surface area contributed by atoms with Gasteiger partial charge in [-0.15, -0.1) is 0 Å². The van der Waals surface area contributed by atoms with Crippen molar-refractivity contribution in [3.63, 3.8) is 0 Å². The average Bonchev–Trinajstić information content (AvgIpc) is 3.00. The van der Waals surface area contributed by atoms with Crippen LogP contribution in [0.2, 0.25) is 0 Å². The monoisotopic (exact) mass is 293 g/mol. The second-order valence-electron chi connectivity index (χ2n) is 5.96. The van der Waals surface area contributed by atoms with Crippen LogP contribution in [0.15, 0.2) is 6.20 Å². The molecule has 1 unspecified atom stereocenters. The molecule has 0 bridgehead atoms. The van der Waals surface area contributed by atoms with Crippen molar-refractivity contribution in [3.05, 3.63) is 11.9 Å². The molecule has 2 heterocycles. The van der Waals surface area contributed by atoms with Gasteiger partial charge in [-0.3, -0.25) is 9.59 Å². The van der Waals surface area contributed by atoms with Crippen LogP contribution < -0.4 is 5.32 Å². The van der Waals surface area contributed by atoms with Crippen LogP contribution in [0.5, 0.6) is 0 Å². The molecule has 2 N–H and O–H groups in total. The van der Waals surface area contributed by atoms with Gasteiger partial charge in [-0.2, -0.15) is 15.4 Å². The lowest BCUT2D eigenvalue weighted by atomic mass is 9.94. The third kappa shape index (κ3) is 3.80. The summed E-state index contributed by atoms with van der Waals surface area (Å²) in [5, 5.41) is 12.9. The molecule has 1 fully saturated rings. The standard InChI is InChI=1S/C14H23N5O2/c1-9(2)10(3)16-13(20)11-4-6-19(7-5-11)14(21)12-8-15-18-17-12/h8-11H,4-7H2,1-3H3,(H,16,20)(H,15,17,18). The van der Waals surface area contributed by atoms with Crippen molar-refractivity contribution < 1.29 is 9.59 Å². The molecule has 1 aromatic heterocycles. The van der Waals surface area contributed by atoms with Gasteiger partial charge >= 0.3 is 0 Å². The van der Waals surface area contributed by atoms with E-state index in [1.807, 2.05) is 6.92 Å². The Bertz CT molecular complexity index is 478. The number of aromatic amines is 1. The summed E-state index contributed by atoms with van der Waals surface area (Å²) in [4.78, 5) is 26.0. The molecule has 1 atom stereocenters. The van der Waals surface area contributed by atoms with E-state index in [0.29, 0.717) is 37.5 Å². The average molecular weight is 293 g/mol. The van der Waals surface area contributed by atoms with Gasteiger partial charge in [0.1, 0.15) is 0 Å². The first-order chi connectivity index (χ1) is 9.99. The SMILES string of the molecule is CC(C)C(C)NC(=O)C1CCN(C(=O)c2cn[nH]n2)CC1. The lowest BCUT2D eigenvalue weighted by molar-refractivity contribution is -0.127. The van der Waals surface area contributed by atoms with Crippen molar-refractivity contribution in [1.82, 2.24) is 25.6 Å². The van der Waals surface area contributed by atoms with Gasteiger partial charge in [0.05, 0.1) is 6.20 Å². The first kappa shape index (κ1) is 15.5. The molecular formula is C14H23N5O2. The smallest absolute Gasteiger partial charge is 0.276 e. The van der Waals surface area contributed by atoms with Gasteiger partial charge in [0.2, 0.25) is 5.91 Å². The van der Waals surface area contributed by atoms with Crippen molar-refractivity contribution in [2.75, 3.05) is 13.1 Å². The summed E-state index contributed by atoms with van der Waals surface area (Å²) < 4.78 is 0. The molecule has 0 aliphatic carbocycles. The first-order valence-electron chi connectivity index (χ1n) is 7.44. The number of carbonyl (C=O) groups excluding carboxylic acids is 2. The summed E-state index contributed by atoms with van der Waals surface area (Å²) in [6.45, 7) is 7.36. The number of amides is 2. The van der Waals surface area contributed by atoms with E-state index < -0.39 is 0 Å². The highest BCUT2D eigenvalue weighted by molar-refractivity contribution is 5.92. The second kappa shape index (κ2) is 6.69. The van der Waals surface area contributed by atoms with E-state index in [1.165, 1.54) is 6.20 Å². The summed E-state index contributed by atoms with van der Waals surface area (Å²) >= 11 is 0. The minimum Gasteiger partial charge on any atom is -0.353 e. The van der Waals surface area contributed by atoms with Crippen LogP contribution in [-0.2, 0) is 4.79 Å². The molecule has 0 radical (unpaired) electrons. The van der Waals surface area contributed by atoms with Crippen molar-refractivity contribution in [2.24, 2.45) is 11.8 Å². The number of H-pyrrole nitrogens is 1. The Morgan fingerprint density at radius 3 is 2.52 bits per heavy atom. The largest absolute Gasteiger partial charge is 0.353 e. The first-order valence-corrected chi connectivity index (χ1v) is 7.44. The molecule has 0 aromatic carbocycles. The van der Waals surface area contributed by atoms with Gasteiger partial charge in [-0.05, 0) is 25.7 Å². The van der Waals surface area contributed by atoms with Gasteiger partial charge in [0.15, 0.2) is 5.69 Å². The van der Waals surface area contributed by atoms with Gasteiger partial charge in [0.25, 0.3) is 5.91 Å². The molecule has 2 amide bonds. The van der Waals surface area contributed by atoms with E-state index in [1.54, 1.807) is 4.90 Å². The van der Waals surface area contributed by atoms with Crippen LogP contribution in [0.25, 0.3) is 0 Å². The molecule has 0 spiro atoms. The van der Waals surface area contributed by atoms with Crippen molar-refractivity contribution >= 4 is 11.8 Å². The van der Waals surface area contributed by atoms with Crippen LogP contribution in [0.1, 0.15) is 44.1 Å². The topological polar surface area (TPSA) is 91.0 Å². The number of piperidine rings is 1. The Kier molecular flexibility index (Phi) is 4.93. The number of likely N-dealkylation sites (tertiary alicyclic amines) is 1. The molecular weight excluding hydrogens is 270 g/mol. The number of hydrogen-bond acceptors (Lipinski definition) is 4. The second-order valence-corrected chi connectivity index (χ2v) is 5.96. The highest BCUT2D eigenvalue weighted by atomic mass is 16.2. The van der Waals surface area contributed by atoms with Gasteiger partial charge in [-0.1, -0.05) is 13.8 Å². The molecule has 1 aliphatic heterocycles. The zero-order valence-electron chi connectivity index (χ0n) is 12.8. The molecule has 21 heavy (non-hydrogen) atoms. The van der Waals surface area contributed by atoms with Crippen LogP contribution in [0, 0.1) is 11.8 Å². The predicted molar refractivity (Wildman–Crippen MR) is 77.5 cm³/mol. The Hall–Kier alpha value is -1.92. The minimum atomic E-state index is -0.127. The number of nitrogens with one attached hydrogen (secondary N) is 2. The third-order valence-corrected chi connectivity index (χ3v) is 4.16. The van der Waals surface area contributed by atoms with Crippen molar-refractivity contribution in [1.29, 1.82) is 0 Å². The molecule has 7 heteroatoms. The summed E-state index contributed by atoms with van der Waals surface area (Å²) in [7, 11) is 0. The zero-order valence-corrected chi connectivity index (χ0v) is 12.8. The van der Waals surface area contributed by atoms with Gasteiger partial charge < -0.3 is 10.2 Å². The van der Waals surface area contributed by atoms with Crippen molar-refractivity contribution in [3.8, 4) is 0 Å². The van der Waals surface area contributed by atoms with Crippen LogP contribution in [0.4, 0.5) is 0 Å². The zero-order chi connectivity index (χ0) is 15.4. The fraction of sp³-hybridized carbons (Fsp3) is 0.714. The van der Waals surface area contributed by atoms with E-state index in [9.17, 15) is 9.59 Å². The van der Waals surface area contributed by atoms with Crippen molar-refractivity contribution in [2.45, 2.75) is 39.7 Å². The Labute approximate surface area is 124 Å². The van der Waals surface area contributed by atoms with E-state index in [0.717, 1.165) is 0 Å². The summed E-state index contributed by atoms with van der Waals surface area (Å²) in [5.41, 5.74) is 0.325. The summed E-state index contributed by atoms with van der Waals surface area (Å²) in [5.74, 6) is 0.387. The highest BCUT2D eigenvalue weighted by Gasteiger charge is 2.29. The molecule has 7 nitrogen and oxygen atoms in total. The minimum absolute atomic E-state index is 0.00689. The molecule has 116 valence electrons. The highest BCUT2D eigenvalue weighted by Crippen LogP contribution is 2.19. The lowest BCUT2D eigenvalue weighted by Crippen LogP contribution is -2.45. The molecule has 1 aliphatic rings. The fourth-order valence-electron chi connectivity index (χ4n) is 2.32. The van der Waals surface area contributed by atoms with Crippen LogP contribution >= 0.6 is 0 Å². The van der Waals surface area contributed by atoms with Crippen LogP contribution in [-0.4, -0.2) is 51.3 Å². The number of carbonyl (C=O) groups is 2. The maximum Gasteiger partial charge on any atom is 0.276 e. The predicted octanol–water partition coefficient (Wildman–Crippen LogP) is 0.818. The molecule has 1 aromatic rings. The third-order valence-electron chi connectivity index (χ3n) is 4.16. The fourth-order valence-corrected chi connectivity index (χ4v) is 2.32. The Morgan fingerprint density at radius 2 is 2.00 bits per heavy atom. The molecule has 1 saturated heterocycles. The van der Waals surface area contributed by atoms with E-state index in [2.05, 4.69) is 34.6 Å². The van der Waals surface area contributed by atoms with E-state index in [4.69, 9.17) is 0 Å². The lowest BCUT2D eigenvalue weighted by Gasteiger charge is -2.31. The maximum atomic E-state index is 12.2.